The van der Waals surface area contributed by atoms with Crippen molar-refractivity contribution in [3.05, 3.63) is 60.3 Å². The molecule has 1 unspecified atom stereocenters. The minimum atomic E-state index is -3.36. The Morgan fingerprint density at radius 1 is 0.939 bits per heavy atom. The van der Waals surface area contributed by atoms with E-state index in [0.717, 1.165) is 11.1 Å². The molecule has 9 nitrogen and oxygen atoms in total. The van der Waals surface area contributed by atoms with Crippen molar-refractivity contribution in [3.63, 3.8) is 0 Å². The van der Waals surface area contributed by atoms with Crippen LogP contribution < -0.4 is 11.5 Å². The maximum atomic E-state index is 12.4. The maximum absolute atomic E-state index is 12.4. The normalized spacial score (nSPS) is 12.8. The van der Waals surface area contributed by atoms with Crippen LogP contribution in [-0.2, 0) is 9.84 Å². The van der Waals surface area contributed by atoms with Crippen molar-refractivity contribution in [2.24, 2.45) is 5.73 Å². The summed E-state index contributed by atoms with van der Waals surface area (Å²) in [5, 5.41) is 7.70. The highest BCUT2D eigenvalue weighted by Gasteiger charge is 2.20. The quantitative estimate of drug-likeness (QED) is 0.435. The standard InChI is InChI=1S/C23H24N6O3S/c1-13(2)33(30,31)18-9-7-15(8-10-18)19-12-26-21(25)20(27-19)23-29-28-22(32-23)17-6-4-5-16(11-17)14(3)24/h4-14H,24H2,1-3H3,(H2,25,26). The summed E-state index contributed by atoms with van der Waals surface area (Å²) in [5.74, 6) is 0.571. The molecule has 4 aromatic rings. The molecule has 4 rings (SSSR count). The second kappa shape index (κ2) is 8.72. The van der Waals surface area contributed by atoms with E-state index in [0.29, 0.717) is 17.1 Å². The first-order valence-electron chi connectivity index (χ1n) is 10.3. The van der Waals surface area contributed by atoms with Gasteiger partial charge in [0.05, 0.1) is 22.0 Å². The Balaban J connectivity index is 1.67. The summed E-state index contributed by atoms with van der Waals surface area (Å²) >= 11 is 0. The molecule has 1 atom stereocenters. The number of rotatable bonds is 6. The number of hydrogen-bond donors (Lipinski definition) is 2. The smallest absolute Gasteiger partial charge is 0.270 e. The molecule has 170 valence electrons. The van der Waals surface area contributed by atoms with Gasteiger partial charge in [0, 0.05) is 17.2 Å². The zero-order valence-electron chi connectivity index (χ0n) is 18.4. The summed E-state index contributed by atoms with van der Waals surface area (Å²) < 4.78 is 30.6. The summed E-state index contributed by atoms with van der Waals surface area (Å²) in [6, 6.07) is 13.9. The monoisotopic (exact) mass is 464 g/mol. The Bertz CT molecular complexity index is 1400. The lowest BCUT2D eigenvalue weighted by molar-refractivity contribution is 0.582. The van der Waals surface area contributed by atoms with Gasteiger partial charge < -0.3 is 15.9 Å². The molecule has 0 aliphatic heterocycles. The van der Waals surface area contributed by atoms with Crippen LogP contribution in [0.2, 0.25) is 0 Å². The fraction of sp³-hybridized carbons (Fsp3) is 0.217. The van der Waals surface area contributed by atoms with E-state index in [9.17, 15) is 8.42 Å². The zero-order chi connectivity index (χ0) is 23.8. The summed E-state index contributed by atoms with van der Waals surface area (Å²) in [6.45, 7) is 5.18. The van der Waals surface area contributed by atoms with Crippen LogP contribution in [0.15, 0.2) is 64.0 Å². The number of aromatic nitrogens is 4. The number of sulfone groups is 1. The van der Waals surface area contributed by atoms with E-state index in [4.69, 9.17) is 15.9 Å². The molecule has 2 aromatic heterocycles. The van der Waals surface area contributed by atoms with E-state index in [1.165, 1.54) is 6.20 Å². The zero-order valence-corrected chi connectivity index (χ0v) is 19.2. The fourth-order valence-corrected chi connectivity index (χ4v) is 4.23. The molecule has 10 heteroatoms. The predicted octanol–water partition coefficient (Wildman–Crippen LogP) is 3.64. The molecule has 0 radical (unpaired) electrons. The number of nitrogens with zero attached hydrogens (tertiary/aromatic N) is 4. The molecule has 0 fully saturated rings. The van der Waals surface area contributed by atoms with Crippen molar-refractivity contribution >= 4 is 15.7 Å². The van der Waals surface area contributed by atoms with Gasteiger partial charge in [-0.2, -0.15) is 0 Å². The van der Waals surface area contributed by atoms with Gasteiger partial charge in [0.2, 0.25) is 5.89 Å². The van der Waals surface area contributed by atoms with E-state index in [1.807, 2.05) is 31.2 Å². The molecule has 0 amide bonds. The average molecular weight is 465 g/mol. The van der Waals surface area contributed by atoms with Crippen LogP contribution >= 0.6 is 0 Å². The molecule has 33 heavy (non-hydrogen) atoms. The molecule has 2 aromatic carbocycles. The highest BCUT2D eigenvalue weighted by Crippen LogP contribution is 2.29. The summed E-state index contributed by atoms with van der Waals surface area (Å²) in [6.07, 6.45) is 1.51. The second-order valence-corrected chi connectivity index (χ2v) is 10.4. The Hall–Kier alpha value is -3.63. The molecular weight excluding hydrogens is 440 g/mol. The summed E-state index contributed by atoms with van der Waals surface area (Å²) in [5.41, 5.74) is 15.1. The van der Waals surface area contributed by atoms with Crippen molar-refractivity contribution < 1.29 is 12.8 Å². The van der Waals surface area contributed by atoms with Gasteiger partial charge in [0.1, 0.15) is 0 Å². The van der Waals surface area contributed by atoms with Crippen LogP contribution in [0.4, 0.5) is 5.82 Å². The molecule has 0 aliphatic carbocycles. The van der Waals surface area contributed by atoms with Crippen molar-refractivity contribution in [1.82, 2.24) is 20.2 Å². The third kappa shape index (κ3) is 4.48. The molecule has 4 N–H and O–H groups in total. The highest BCUT2D eigenvalue weighted by atomic mass is 32.2. The number of hydrogen-bond acceptors (Lipinski definition) is 9. The molecule has 0 saturated carbocycles. The summed E-state index contributed by atoms with van der Waals surface area (Å²) in [7, 11) is -3.36. The second-order valence-electron chi connectivity index (χ2n) is 7.93. The van der Waals surface area contributed by atoms with Gasteiger partial charge in [0.15, 0.2) is 21.3 Å². The first-order chi connectivity index (χ1) is 15.7. The van der Waals surface area contributed by atoms with Gasteiger partial charge in [-0.05, 0) is 50.6 Å². The Labute approximate surface area is 191 Å². The number of benzene rings is 2. The minimum absolute atomic E-state index is 0.127. The Morgan fingerprint density at radius 2 is 1.64 bits per heavy atom. The number of nitrogens with two attached hydrogens (primary N) is 2. The van der Waals surface area contributed by atoms with Crippen LogP contribution in [0.3, 0.4) is 0 Å². The van der Waals surface area contributed by atoms with Gasteiger partial charge >= 0.3 is 0 Å². The number of nitrogen functional groups attached to an aromatic ring is 1. The first kappa shape index (κ1) is 22.6. The molecule has 0 aliphatic rings. The van der Waals surface area contributed by atoms with E-state index >= 15 is 0 Å². The van der Waals surface area contributed by atoms with Crippen molar-refractivity contribution in [2.75, 3.05) is 5.73 Å². The Morgan fingerprint density at radius 3 is 2.30 bits per heavy atom. The molecule has 0 saturated heterocycles. The van der Waals surface area contributed by atoms with Crippen LogP contribution in [0, 0.1) is 0 Å². The van der Waals surface area contributed by atoms with E-state index in [2.05, 4.69) is 20.2 Å². The number of anilines is 1. The van der Waals surface area contributed by atoms with Crippen molar-refractivity contribution in [1.29, 1.82) is 0 Å². The Kier molecular flexibility index (Phi) is 5.96. The van der Waals surface area contributed by atoms with Crippen LogP contribution in [-0.4, -0.2) is 33.8 Å². The summed E-state index contributed by atoms with van der Waals surface area (Å²) in [4.78, 5) is 8.99. The van der Waals surface area contributed by atoms with Crippen molar-refractivity contribution in [2.45, 2.75) is 37.0 Å². The molecular formula is C23H24N6O3S. The maximum Gasteiger partial charge on any atom is 0.270 e. The molecule has 2 heterocycles. The SMILES string of the molecule is CC(N)c1cccc(-c2nnc(-c3nc(-c4ccc(S(=O)(=O)C(C)C)cc4)cnc3N)o2)c1. The fourth-order valence-electron chi connectivity index (χ4n) is 3.17. The van der Waals surface area contributed by atoms with Gasteiger partial charge in [-0.25, -0.2) is 18.4 Å². The van der Waals surface area contributed by atoms with Gasteiger partial charge in [0.25, 0.3) is 5.89 Å². The highest BCUT2D eigenvalue weighted by molar-refractivity contribution is 7.92. The largest absolute Gasteiger partial charge is 0.414 e. The van der Waals surface area contributed by atoms with E-state index in [1.54, 1.807) is 38.1 Å². The predicted molar refractivity (Wildman–Crippen MR) is 126 cm³/mol. The van der Waals surface area contributed by atoms with Crippen LogP contribution in [0.1, 0.15) is 32.4 Å². The average Bonchev–Trinajstić information content (AvgIpc) is 3.29. The lowest BCUT2D eigenvalue weighted by atomic mass is 10.1. The molecule has 0 bridgehead atoms. The van der Waals surface area contributed by atoms with E-state index in [-0.39, 0.29) is 28.3 Å². The van der Waals surface area contributed by atoms with Gasteiger partial charge in [-0.1, -0.05) is 24.3 Å². The van der Waals surface area contributed by atoms with Crippen LogP contribution in [0.25, 0.3) is 34.3 Å². The van der Waals surface area contributed by atoms with Gasteiger partial charge in [-0.15, -0.1) is 10.2 Å². The van der Waals surface area contributed by atoms with Crippen LogP contribution in [0.5, 0.6) is 0 Å². The third-order valence-electron chi connectivity index (χ3n) is 5.19. The third-order valence-corrected chi connectivity index (χ3v) is 7.36. The minimum Gasteiger partial charge on any atom is -0.414 e. The van der Waals surface area contributed by atoms with E-state index < -0.39 is 15.1 Å². The van der Waals surface area contributed by atoms with Crippen molar-refractivity contribution in [3.8, 4) is 34.3 Å². The molecule has 0 spiro atoms. The lowest BCUT2D eigenvalue weighted by Crippen LogP contribution is -2.13. The topological polar surface area (TPSA) is 151 Å². The first-order valence-corrected chi connectivity index (χ1v) is 11.9. The lowest BCUT2D eigenvalue weighted by Gasteiger charge is -2.09. The van der Waals surface area contributed by atoms with Gasteiger partial charge in [-0.3, -0.25) is 0 Å².